The molecule has 1 atom stereocenters. The van der Waals surface area contributed by atoms with E-state index < -0.39 is 6.04 Å². The number of aryl methyl sites for hydroxylation is 3. The Morgan fingerprint density at radius 3 is 2.19 bits per heavy atom. The van der Waals surface area contributed by atoms with Crippen LogP contribution in [-0.4, -0.2) is 35.9 Å². The fourth-order valence-corrected chi connectivity index (χ4v) is 3.56. The number of ether oxygens (including phenoxy) is 1. The van der Waals surface area contributed by atoms with Crippen molar-refractivity contribution >= 4 is 11.8 Å². The van der Waals surface area contributed by atoms with Crippen molar-refractivity contribution in [3.63, 3.8) is 0 Å². The summed E-state index contributed by atoms with van der Waals surface area (Å²) >= 11 is 0. The monoisotopic (exact) mass is 424 g/mol. The Hall–Kier alpha value is -2.82. The zero-order valence-electron chi connectivity index (χ0n) is 19.5. The van der Waals surface area contributed by atoms with Crippen molar-refractivity contribution in [2.24, 2.45) is 0 Å². The quantitative estimate of drug-likeness (QED) is 0.531. The Balaban J connectivity index is 2.18. The molecule has 2 aromatic carbocycles. The second-order valence-corrected chi connectivity index (χ2v) is 8.19. The minimum absolute atomic E-state index is 0.104. The van der Waals surface area contributed by atoms with Crippen molar-refractivity contribution in [3.8, 4) is 5.75 Å². The first-order valence-corrected chi connectivity index (χ1v) is 11.2. The Morgan fingerprint density at radius 2 is 1.61 bits per heavy atom. The largest absolute Gasteiger partial charge is 0.484 e. The fourth-order valence-electron chi connectivity index (χ4n) is 3.56. The molecule has 0 bridgehead atoms. The van der Waals surface area contributed by atoms with Crippen LogP contribution in [0.15, 0.2) is 42.5 Å². The number of benzene rings is 2. The predicted molar refractivity (Wildman–Crippen MR) is 125 cm³/mol. The molecule has 31 heavy (non-hydrogen) atoms. The molecule has 2 amide bonds. The molecule has 5 heteroatoms. The normalized spacial score (nSPS) is 11.6. The Morgan fingerprint density at radius 1 is 0.968 bits per heavy atom. The molecule has 0 aliphatic heterocycles. The first-order chi connectivity index (χ1) is 14.8. The zero-order chi connectivity index (χ0) is 22.8. The summed E-state index contributed by atoms with van der Waals surface area (Å²) in [5, 5.41) is 2.98. The number of carbonyl (C=O) groups is 2. The van der Waals surface area contributed by atoms with E-state index in [1.54, 1.807) is 4.90 Å². The van der Waals surface area contributed by atoms with Crippen molar-refractivity contribution in [1.29, 1.82) is 0 Å². The highest BCUT2D eigenvalue weighted by Crippen LogP contribution is 2.18. The molecule has 0 radical (unpaired) electrons. The first-order valence-electron chi connectivity index (χ1n) is 11.2. The zero-order valence-corrected chi connectivity index (χ0v) is 19.5. The van der Waals surface area contributed by atoms with Crippen molar-refractivity contribution in [1.82, 2.24) is 10.2 Å². The highest BCUT2D eigenvalue weighted by Gasteiger charge is 2.28. The number of carbonyl (C=O) groups excluding carboxylic acids is 2. The van der Waals surface area contributed by atoms with Crippen LogP contribution in [0.1, 0.15) is 55.4 Å². The molecule has 0 spiro atoms. The van der Waals surface area contributed by atoms with Gasteiger partial charge in [-0.05, 0) is 62.4 Å². The van der Waals surface area contributed by atoms with Crippen molar-refractivity contribution in [2.45, 2.75) is 66.5 Å². The summed E-state index contributed by atoms with van der Waals surface area (Å²) in [6.07, 6.45) is 2.47. The lowest BCUT2D eigenvalue weighted by Crippen LogP contribution is -2.50. The summed E-state index contributed by atoms with van der Waals surface area (Å²) < 4.78 is 5.82. The van der Waals surface area contributed by atoms with E-state index in [4.69, 9.17) is 4.74 Å². The Labute approximate surface area is 186 Å². The Kier molecular flexibility index (Phi) is 9.57. The van der Waals surface area contributed by atoms with E-state index in [9.17, 15) is 9.59 Å². The van der Waals surface area contributed by atoms with E-state index in [1.807, 2.05) is 64.1 Å². The van der Waals surface area contributed by atoms with Crippen molar-refractivity contribution < 1.29 is 14.3 Å². The second kappa shape index (κ2) is 12.1. The third-order valence-electron chi connectivity index (χ3n) is 5.25. The average Bonchev–Trinajstić information content (AvgIpc) is 2.73. The third kappa shape index (κ3) is 7.74. The van der Waals surface area contributed by atoms with Crippen LogP contribution < -0.4 is 10.1 Å². The van der Waals surface area contributed by atoms with Gasteiger partial charge in [-0.2, -0.15) is 0 Å². The Bertz CT molecular complexity index is 841. The highest BCUT2D eigenvalue weighted by atomic mass is 16.5. The maximum absolute atomic E-state index is 13.2. The molecule has 0 aliphatic carbocycles. The van der Waals surface area contributed by atoms with Gasteiger partial charge in [-0.1, -0.05) is 56.2 Å². The lowest BCUT2D eigenvalue weighted by atomic mass is 10.1. The van der Waals surface area contributed by atoms with Crippen molar-refractivity contribution in [3.05, 3.63) is 64.7 Å². The average molecular weight is 425 g/mol. The van der Waals surface area contributed by atoms with Gasteiger partial charge in [-0.15, -0.1) is 0 Å². The van der Waals surface area contributed by atoms with Gasteiger partial charge < -0.3 is 15.0 Å². The molecule has 168 valence electrons. The van der Waals surface area contributed by atoms with Crippen molar-refractivity contribution in [2.75, 3.05) is 13.2 Å². The molecule has 2 rings (SSSR count). The number of rotatable bonds is 11. The molecule has 1 N–H and O–H groups in total. The molecule has 2 aromatic rings. The fraction of sp³-hybridized carbons (Fsp3) is 0.462. The van der Waals surface area contributed by atoms with E-state index in [1.165, 1.54) is 0 Å². The second-order valence-electron chi connectivity index (χ2n) is 8.19. The molecule has 0 fully saturated rings. The predicted octanol–water partition coefficient (Wildman–Crippen LogP) is 4.71. The third-order valence-corrected chi connectivity index (χ3v) is 5.25. The summed E-state index contributed by atoms with van der Waals surface area (Å²) in [4.78, 5) is 27.7. The molecule has 0 saturated carbocycles. The molecule has 0 unspecified atom stereocenters. The van der Waals surface area contributed by atoms with Crippen LogP contribution >= 0.6 is 0 Å². The van der Waals surface area contributed by atoms with Crippen LogP contribution in [0.4, 0.5) is 0 Å². The van der Waals surface area contributed by atoms with Gasteiger partial charge in [0.2, 0.25) is 5.91 Å². The summed E-state index contributed by atoms with van der Waals surface area (Å²) in [7, 11) is 0. The van der Waals surface area contributed by atoms with Gasteiger partial charge in [0, 0.05) is 13.1 Å². The standard InChI is InChI=1S/C26H36N2O3/c1-6-8-13-27-26(30)24(7-2)28(17-22-11-9-19(3)10-12-22)25(29)18-31-23-15-20(4)14-21(5)16-23/h9-12,14-16,24H,6-8,13,17-18H2,1-5H3,(H,27,30)/t24-/m1/s1. The van der Waals surface area contributed by atoms with Crippen LogP contribution in [0.25, 0.3) is 0 Å². The minimum Gasteiger partial charge on any atom is -0.484 e. The SMILES string of the molecule is CCCCNC(=O)[C@@H](CC)N(Cc1ccc(C)cc1)C(=O)COc1cc(C)cc(C)c1. The maximum Gasteiger partial charge on any atom is 0.261 e. The van der Waals surface area contributed by atoms with E-state index in [-0.39, 0.29) is 18.4 Å². The van der Waals surface area contributed by atoms with Gasteiger partial charge >= 0.3 is 0 Å². The van der Waals surface area contributed by atoms with Crippen LogP contribution in [0.2, 0.25) is 0 Å². The smallest absolute Gasteiger partial charge is 0.261 e. The van der Waals surface area contributed by atoms with Gasteiger partial charge in [-0.25, -0.2) is 0 Å². The topological polar surface area (TPSA) is 58.6 Å². The summed E-state index contributed by atoms with van der Waals surface area (Å²) in [6.45, 7) is 10.9. The molecule has 0 aliphatic rings. The number of nitrogens with zero attached hydrogens (tertiary/aromatic N) is 1. The summed E-state index contributed by atoms with van der Waals surface area (Å²) in [5.74, 6) is 0.363. The maximum atomic E-state index is 13.2. The molecule has 0 saturated heterocycles. The lowest BCUT2D eigenvalue weighted by molar-refractivity contribution is -0.143. The molecular formula is C26H36N2O3. The lowest BCUT2D eigenvalue weighted by Gasteiger charge is -2.30. The molecule has 0 heterocycles. The van der Waals surface area contributed by atoms with E-state index >= 15 is 0 Å². The number of hydrogen-bond donors (Lipinski definition) is 1. The number of unbranched alkanes of at least 4 members (excludes halogenated alkanes) is 1. The van der Waals surface area contributed by atoms with Gasteiger partial charge in [0.1, 0.15) is 11.8 Å². The van der Waals surface area contributed by atoms with Crippen LogP contribution in [-0.2, 0) is 16.1 Å². The van der Waals surface area contributed by atoms with Crippen LogP contribution in [0.5, 0.6) is 5.75 Å². The minimum atomic E-state index is -0.534. The number of nitrogens with one attached hydrogen (secondary N) is 1. The van der Waals surface area contributed by atoms with E-state index in [0.29, 0.717) is 25.3 Å². The van der Waals surface area contributed by atoms with Gasteiger partial charge in [0.05, 0.1) is 0 Å². The number of hydrogen-bond acceptors (Lipinski definition) is 3. The summed E-state index contributed by atoms with van der Waals surface area (Å²) in [5.41, 5.74) is 4.32. The molecular weight excluding hydrogens is 388 g/mol. The van der Waals surface area contributed by atoms with Crippen LogP contribution in [0.3, 0.4) is 0 Å². The molecule has 0 aromatic heterocycles. The summed E-state index contributed by atoms with van der Waals surface area (Å²) in [6, 6.07) is 13.4. The van der Waals surface area contributed by atoms with E-state index in [2.05, 4.69) is 18.3 Å². The van der Waals surface area contributed by atoms with Gasteiger partial charge in [-0.3, -0.25) is 9.59 Å². The van der Waals surface area contributed by atoms with E-state index in [0.717, 1.165) is 35.1 Å². The first kappa shape index (κ1) is 24.4. The molecule has 5 nitrogen and oxygen atoms in total. The number of amides is 2. The van der Waals surface area contributed by atoms with Gasteiger partial charge in [0.25, 0.3) is 5.91 Å². The van der Waals surface area contributed by atoms with Crippen LogP contribution in [0, 0.1) is 20.8 Å². The van der Waals surface area contributed by atoms with Gasteiger partial charge in [0.15, 0.2) is 6.61 Å². The highest BCUT2D eigenvalue weighted by molar-refractivity contribution is 5.88.